The van der Waals surface area contributed by atoms with Crippen LogP contribution in [-0.2, 0) is 7.05 Å². The summed E-state index contributed by atoms with van der Waals surface area (Å²) < 4.78 is 1.70. The van der Waals surface area contributed by atoms with E-state index in [1.807, 2.05) is 14.0 Å². The first kappa shape index (κ1) is 10.5. The van der Waals surface area contributed by atoms with Gasteiger partial charge in [0.25, 0.3) is 5.56 Å². The molecule has 0 bridgehead atoms. The van der Waals surface area contributed by atoms with Crippen LogP contribution in [0.5, 0.6) is 0 Å². The van der Waals surface area contributed by atoms with E-state index < -0.39 is 11.2 Å². The number of aromatic amines is 3. The zero-order valence-corrected chi connectivity index (χ0v) is 9.74. The molecule has 0 saturated heterocycles. The lowest BCUT2D eigenvalue weighted by molar-refractivity contribution is 0.740. The van der Waals surface area contributed by atoms with E-state index in [0.717, 1.165) is 11.3 Å². The van der Waals surface area contributed by atoms with Crippen molar-refractivity contribution in [2.45, 2.75) is 6.92 Å². The third-order valence-corrected chi connectivity index (χ3v) is 2.88. The third-order valence-electron chi connectivity index (χ3n) is 2.88. The maximum Gasteiger partial charge on any atom is 0.327 e. The van der Waals surface area contributed by atoms with Gasteiger partial charge >= 0.3 is 5.69 Å². The highest BCUT2D eigenvalue weighted by molar-refractivity contribution is 5.75. The molecule has 0 atom stereocenters. The van der Waals surface area contributed by atoms with Crippen molar-refractivity contribution in [3.05, 3.63) is 32.7 Å². The molecule has 0 aromatic carbocycles. The van der Waals surface area contributed by atoms with Crippen molar-refractivity contribution in [2.75, 3.05) is 0 Å². The van der Waals surface area contributed by atoms with Crippen LogP contribution in [0.15, 0.2) is 15.8 Å². The molecule has 0 fully saturated rings. The summed E-state index contributed by atoms with van der Waals surface area (Å²) in [6.07, 6.45) is 1.65. The summed E-state index contributed by atoms with van der Waals surface area (Å²) in [4.78, 5) is 34.4. The fourth-order valence-corrected chi connectivity index (χ4v) is 1.79. The molecule has 0 aliphatic rings. The van der Waals surface area contributed by atoms with Crippen LogP contribution in [0.4, 0.5) is 0 Å². The molecule has 0 aliphatic heterocycles. The Balaban J connectivity index is 2.32. The minimum absolute atomic E-state index is 0.238. The van der Waals surface area contributed by atoms with Crippen LogP contribution in [0.3, 0.4) is 0 Å². The van der Waals surface area contributed by atoms with Crippen molar-refractivity contribution in [3.63, 3.8) is 0 Å². The first-order valence-electron chi connectivity index (χ1n) is 5.27. The Labute approximate surface area is 99.7 Å². The summed E-state index contributed by atoms with van der Waals surface area (Å²) in [5, 5.41) is 4.10. The van der Waals surface area contributed by atoms with Crippen LogP contribution in [0.25, 0.3) is 22.6 Å². The van der Waals surface area contributed by atoms with Crippen LogP contribution in [0.1, 0.15) is 5.69 Å². The highest BCUT2D eigenvalue weighted by Crippen LogP contribution is 2.20. The monoisotopic (exact) mass is 246 g/mol. The summed E-state index contributed by atoms with van der Waals surface area (Å²) in [7, 11) is 1.82. The summed E-state index contributed by atoms with van der Waals surface area (Å²) in [6, 6.07) is 0. The molecule has 0 aliphatic carbocycles. The van der Waals surface area contributed by atoms with Gasteiger partial charge in [-0.25, -0.2) is 9.78 Å². The van der Waals surface area contributed by atoms with Crippen molar-refractivity contribution in [2.24, 2.45) is 7.05 Å². The van der Waals surface area contributed by atoms with Gasteiger partial charge < -0.3 is 4.98 Å². The van der Waals surface area contributed by atoms with Crippen LogP contribution >= 0.6 is 0 Å². The van der Waals surface area contributed by atoms with Crippen LogP contribution in [0.2, 0.25) is 0 Å². The number of aromatic nitrogens is 6. The van der Waals surface area contributed by atoms with Crippen LogP contribution in [0, 0.1) is 6.92 Å². The number of fused-ring (bicyclic) bond motifs is 1. The number of rotatable bonds is 1. The molecule has 92 valence electrons. The molecule has 3 N–H and O–H groups in total. The SMILES string of the molecule is Cc1c(-c2nc3[nH]c(=O)[nH]c(=O)c3[nH]2)cnn1C. The van der Waals surface area contributed by atoms with Gasteiger partial charge in [-0.1, -0.05) is 0 Å². The molecule has 18 heavy (non-hydrogen) atoms. The quantitative estimate of drug-likeness (QED) is 0.544. The number of hydrogen-bond acceptors (Lipinski definition) is 4. The smallest absolute Gasteiger partial charge is 0.327 e. The fourth-order valence-electron chi connectivity index (χ4n) is 1.79. The average molecular weight is 246 g/mol. The van der Waals surface area contributed by atoms with E-state index in [0.29, 0.717) is 5.82 Å². The Morgan fingerprint density at radius 1 is 1.22 bits per heavy atom. The van der Waals surface area contributed by atoms with E-state index in [9.17, 15) is 9.59 Å². The van der Waals surface area contributed by atoms with E-state index in [1.54, 1.807) is 10.9 Å². The summed E-state index contributed by atoms with van der Waals surface area (Å²) in [5.74, 6) is 0.503. The molecule has 8 heteroatoms. The van der Waals surface area contributed by atoms with Crippen molar-refractivity contribution in [3.8, 4) is 11.4 Å². The molecule has 0 unspecified atom stereocenters. The maximum absolute atomic E-state index is 11.6. The normalized spacial score (nSPS) is 11.2. The summed E-state index contributed by atoms with van der Waals surface area (Å²) >= 11 is 0. The highest BCUT2D eigenvalue weighted by atomic mass is 16.2. The number of imidazole rings is 1. The number of nitrogens with zero attached hydrogens (tertiary/aromatic N) is 3. The van der Waals surface area contributed by atoms with Gasteiger partial charge in [0.15, 0.2) is 5.65 Å². The molecule has 3 rings (SSSR count). The van der Waals surface area contributed by atoms with Gasteiger partial charge in [0.05, 0.1) is 11.8 Å². The summed E-state index contributed by atoms with van der Waals surface area (Å²) in [6.45, 7) is 1.89. The molecular formula is C10H10N6O2. The van der Waals surface area contributed by atoms with Gasteiger partial charge in [-0.3, -0.25) is 19.4 Å². The Hall–Kier alpha value is -2.64. The lowest BCUT2D eigenvalue weighted by Crippen LogP contribution is -2.21. The molecule has 3 aromatic rings. The topological polar surface area (TPSA) is 112 Å². The van der Waals surface area contributed by atoms with E-state index in [4.69, 9.17) is 0 Å². The number of nitrogens with one attached hydrogen (secondary N) is 3. The molecule has 8 nitrogen and oxygen atoms in total. The van der Waals surface area contributed by atoms with Crippen LogP contribution < -0.4 is 11.2 Å². The molecule has 0 radical (unpaired) electrons. The molecule has 0 saturated carbocycles. The Morgan fingerprint density at radius 2 is 2.00 bits per heavy atom. The van der Waals surface area contributed by atoms with E-state index in [-0.39, 0.29) is 11.2 Å². The number of aryl methyl sites for hydroxylation is 1. The van der Waals surface area contributed by atoms with Gasteiger partial charge in [-0.2, -0.15) is 5.10 Å². The Kier molecular flexibility index (Phi) is 2.00. The second-order valence-electron chi connectivity index (χ2n) is 3.98. The standard InChI is InChI=1S/C10H10N6O2/c1-4-5(3-11-16(4)2)7-12-6-8(13-7)14-10(18)15-9(6)17/h3H,1-2H3,(H3,12,13,14,15,17,18). The van der Waals surface area contributed by atoms with Gasteiger partial charge in [0.2, 0.25) is 0 Å². The van der Waals surface area contributed by atoms with Crippen molar-refractivity contribution in [1.29, 1.82) is 0 Å². The highest BCUT2D eigenvalue weighted by Gasteiger charge is 2.13. The van der Waals surface area contributed by atoms with E-state index in [2.05, 4.69) is 25.0 Å². The zero-order chi connectivity index (χ0) is 12.9. The van der Waals surface area contributed by atoms with Gasteiger partial charge in [-0.15, -0.1) is 0 Å². The van der Waals surface area contributed by atoms with Crippen molar-refractivity contribution in [1.82, 2.24) is 29.7 Å². The second kappa shape index (κ2) is 3.42. The Morgan fingerprint density at radius 3 is 2.67 bits per heavy atom. The lowest BCUT2D eigenvalue weighted by Gasteiger charge is -1.95. The minimum Gasteiger partial charge on any atom is -0.332 e. The number of hydrogen-bond donors (Lipinski definition) is 3. The average Bonchev–Trinajstić information content (AvgIpc) is 2.84. The lowest BCUT2D eigenvalue weighted by atomic mass is 10.2. The predicted octanol–water partition coefficient (Wildman–Crippen LogP) is -0.352. The van der Waals surface area contributed by atoms with Gasteiger partial charge in [0, 0.05) is 12.7 Å². The first-order chi connectivity index (χ1) is 8.56. The van der Waals surface area contributed by atoms with Crippen molar-refractivity contribution >= 4 is 11.2 Å². The molecule has 3 aromatic heterocycles. The maximum atomic E-state index is 11.6. The predicted molar refractivity (Wildman–Crippen MR) is 64.3 cm³/mol. The zero-order valence-electron chi connectivity index (χ0n) is 9.74. The van der Waals surface area contributed by atoms with E-state index in [1.165, 1.54) is 0 Å². The first-order valence-corrected chi connectivity index (χ1v) is 5.27. The molecular weight excluding hydrogens is 236 g/mol. The van der Waals surface area contributed by atoms with Gasteiger partial charge in [0.1, 0.15) is 11.3 Å². The minimum atomic E-state index is -0.576. The second-order valence-corrected chi connectivity index (χ2v) is 3.98. The van der Waals surface area contributed by atoms with Gasteiger partial charge in [-0.05, 0) is 6.92 Å². The van der Waals surface area contributed by atoms with Crippen LogP contribution in [-0.4, -0.2) is 29.7 Å². The molecule has 3 heterocycles. The van der Waals surface area contributed by atoms with Crippen molar-refractivity contribution < 1.29 is 0 Å². The van der Waals surface area contributed by atoms with E-state index >= 15 is 0 Å². The fraction of sp³-hybridized carbons (Fsp3) is 0.200. The molecule has 0 spiro atoms. The summed E-state index contributed by atoms with van der Waals surface area (Å²) in [5.41, 5.74) is 1.11. The molecule has 0 amide bonds. The number of H-pyrrole nitrogens is 3. The largest absolute Gasteiger partial charge is 0.332 e. The third kappa shape index (κ3) is 1.39. The Bertz CT molecular complexity index is 849.